The lowest BCUT2D eigenvalue weighted by atomic mass is 10.0. The van der Waals surface area contributed by atoms with Gasteiger partial charge in [-0.1, -0.05) is 12.1 Å². The minimum Gasteiger partial charge on any atom is -0.462 e. The summed E-state index contributed by atoms with van der Waals surface area (Å²) in [7, 11) is 0. The van der Waals surface area contributed by atoms with Crippen LogP contribution in [0.1, 0.15) is 51.6 Å². The van der Waals surface area contributed by atoms with Crippen molar-refractivity contribution in [1.29, 1.82) is 0 Å². The summed E-state index contributed by atoms with van der Waals surface area (Å²) in [5.74, 6) is -0.651. The highest BCUT2D eigenvalue weighted by Gasteiger charge is 2.12. The lowest BCUT2D eigenvalue weighted by molar-refractivity contribution is -0.116. The normalized spacial score (nSPS) is 10.3. The Kier molecular flexibility index (Phi) is 6.60. The fourth-order valence-corrected chi connectivity index (χ4v) is 2.33. The van der Waals surface area contributed by atoms with Gasteiger partial charge in [0.25, 0.3) is 0 Å². The largest absolute Gasteiger partial charge is 0.462 e. The van der Waals surface area contributed by atoms with Gasteiger partial charge in [0.1, 0.15) is 5.82 Å². The van der Waals surface area contributed by atoms with Gasteiger partial charge in [-0.05, 0) is 50.1 Å². The van der Waals surface area contributed by atoms with Crippen molar-refractivity contribution < 1.29 is 19.1 Å². The Hall–Kier alpha value is -3.02. The maximum Gasteiger partial charge on any atom is 0.338 e. The highest BCUT2D eigenvalue weighted by molar-refractivity contribution is 6.00. The average molecular weight is 354 g/mol. The Balaban J connectivity index is 1.92. The van der Waals surface area contributed by atoms with Crippen LogP contribution in [0, 0.1) is 13.8 Å². The van der Waals surface area contributed by atoms with Gasteiger partial charge in [-0.25, -0.2) is 9.78 Å². The Morgan fingerprint density at radius 1 is 1.00 bits per heavy atom. The second-order valence-electron chi connectivity index (χ2n) is 5.92. The van der Waals surface area contributed by atoms with Crippen LogP contribution in [-0.4, -0.2) is 29.3 Å². The zero-order valence-electron chi connectivity index (χ0n) is 15.2. The number of nitrogens with zero attached hydrogens (tertiary/aromatic N) is 1. The van der Waals surface area contributed by atoms with Crippen molar-refractivity contribution in [3.8, 4) is 0 Å². The number of rotatable bonds is 7. The standard InChI is InChI=1S/C20H22N2O4/c1-4-26-20(25)16-9-10-21-18(12-16)22-19(24)8-7-17(23)15-6-5-13(2)14(3)11-15/h5-6,9-12H,4,7-8H2,1-3H3,(H,21,22,24). The molecule has 0 spiro atoms. The van der Waals surface area contributed by atoms with Gasteiger partial charge < -0.3 is 10.1 Å². The van der Waals surface area contributed by atoms with E-state index in [0.29, 0.717) is 11.1 Å². The number of carbonyl (C=O) groups excluding carboxylic acids is 3. The van der Waals surface area contributed by atoms with E-state index in [1.807, 2.05) is 26.0 Å². The minimum absolute atomic E-state index is 0.0388. The first-order valence-corrected chi connectivity index (χ1v) is 8.44. The zero-order valence-corrected chi connectivity index (χ0v) is 15.2. The van der Waals surface area contributed by atoms with Crippen LogP contribution >= 0.6 is 0 Å². The molecule has 6 heteroatoms. The van der Waals surface area contributed by atoms with Crippen molar-refractivity contribution >= 4 is 23.5 Å². The topological polar surface area (TPSA) is 85.4 Å². The molecule has 1 aromatic carbocycles. The van der Waals surface area contributed by atoms with Gasteiger partial charge in [0.05, 0.1) is 12.2 Å². The summed E-state index contributed by atoms with van der Waals surface area (Å²) in [5.41, 5.74) is 3.07. The van der Waals surface area contributed by atoms with Gasteiger partial charge in [0.2, 0.25) is 5.91 Å². The van der Waals surface area contributed by atoms with Crippen LogP contribution in [0.15, 0.2) is 36.5 Å². The van der Waals surface area contributed by atoms with Crippen molar-refractivity contribution in [3.05, 3.63) is 58.8 Å². The minimum atomic E-state index is -0.477. The Morgan fingerprint density at radius 3 is 2.46 bits per heavy atom. The van der Waals surface area contributed by atoms with Gasteiger partial charge in [-0.2, -0.15) is 0 Å². The van der Waals surface area contributed by atoms with Gasteiger partial charge in [-0.15, -0.1) is 0 Å². The summed E-state index contributed by atoms with van der Waals surface area (Å²) in [4.78, 5) is 40.0. The molecule has 0 aliphatic heterocycles. The maximum absolute atomic E-state index is 12.2. The van der Waals surface area contributed by atoms with E-state index in [9.17, 15) is 14.4 Å². The van der Waals surface area contributed by atoms with E-state index in [1.165, 1.54) is 18.3 Å². The molecule has 0 fully saturated rings. The number of Topliss-reactive ketones (excluding diaryl/α,β-unsaturated/α-hetero) is 1. The number of esters is 1. The van der Waals surface area contributed by atoms with Crippen LogP contribution < -0.4 is 5.32 Å². The number of hydrogen-bond acceptors (Lipinski definition) is 5. The van der Waals surface area contributed by atoms with Crippen molar-refractivity contribution in [1.82, 2.24) is 4.98 Å². The molecule has 0 radical (unpaired) electrons. The van der Waals surface area contributed by atoms with E-state index >= 15 is 0 Å². The molecule has 1 N–H and O–H groups in total. The zero-order chi connectivity index (χ0) is 19.1. The third-order valence-electron chi connectivity index (χ3n) is 3.95. The van der Waals surface area contributed by atoms with Crippen molar-refractivity contribution in [2.24, 2.45) is 0 Å². The third-order valence-corrected chi connectivity index (χ3v) is 3.95. The first-order valence-electron chi connectivity index (χ1n) is 8.44. The molecule has 0 bridgehead atoms. The molecular weight excluding hydrogens is 332 g/mol. The Bertz CT molecular complexity index is 830. The lowest BCUT2D eigenvalue weighted by Gasteiger charge is -2.07. The molecule has 0 atom stereocenters. The van der Waals surface area contributed by atoms with E-state index in [2.05, 4.69) is 10.3 Å². The van der Waals surface area contributed by atoms with E-state index < -0.39 is 5.97 Å². The Labute approximate surface area is 152 Å². The molecule has 136 valence electrons. The molecule has 0 aliphatic rings. The maximum atomic E-state index is 12.2. The van der Waals surface area contributed by atoms with Crippen LogP contribution in [0.2, 0.25) is 0 Å². The Morgan fingerprint density at radius 2 is 1.77 bits per heavy atom. The molecule has 0 aliphatic carbocycles. The van der Waals surface area contributed by atoms with Crippen LogP contribution in [0.25, 0.3) is 0 Å². The number of ether oxygens (including phenoxy) is 1. The summed E-state index contributed by atoms with van der Waals surface area (Å²) in [6, 6.07) is 8.46. The fourth-order valence-electron chi connectivity index (χ4n) is 2.33. The molecule has 1 heterocycles. The number of hydrogen-bond donors (Lipinski definition) is 1. The molecular formula is C20H22N2O4. The fraction of sp³-hybridized carbons (Fsp3) is 0.300. The van der Waals surface area contributed by atoms with Gasteiger partial charge >= 0.3 is 5.97 Å². The third kappa shape index (κ3) is 5.24. The molecule has 2 aromatic rings. The summed E-state index contributed by atoms with van der Waals surface area (Å²) in [5, 5.41) is 2.60. The quantitative estimate of drug-likeness (QED) is 0.608. The molecule has 26 heavy (non-hydrogen) atoms. The van der Waals surface area contributed by atoms with Crippen LogP contribution in [0.4, 0.5) is 5.82 Å². The summed E-state index contributed by atoms with van der Waals surface area (Å²) in [6.07, 6.45) is 1.56. The molecule has 0 saturated carbocycles. The molecule has 0 saturated heterocycles. The van der Waals surface area contributed by atoms with Crippen LogP contribution in [0.5, 0.6) is 0 Å². The van der Waals surface area contributed by atoms with Gasteiger partial charge in [0.15, 0.2) is 5.78 Å². The van der Waals surface area contributed by atoms with Crippen molar-refractivity contribution in [3.63, 3.8) is 0 Å². The lowest BCUT2D eigenvalue weighted by Crippen LogP contribution is -2.15. The first-order chi connectivity index (χ1) is 12.4. The average Bonchev–Trinajstić information content (AvgIpc) is 2.62. The monoisotopic (exact) mass is 354 g/mol. The number of aryl methyl sites for hydroxylation is 2. The van der Waals surface area contributed by atoms with E-state index in [-0.39, 0.29) is 37.0 Å². The highest BCUT2D eigenvalue weighted by Crippen LogP contribution is 2.13. The molecule has 1 aromatic heterocycles. The van der Waals surface area contributed by atoms with E-state index in [1.54, 1.807) is 13.0 Å². The number of nitrogens with one attached hydrogen (secondary N) is 1. The number of benzene rings is 1. The first kappa shape index (κ1) is 19.3. The van der Waals surface area contributed by atoms with Gasteiger partial charge in [0, 0.05) is 24.6 Å². The SMILES string of the molecule is CCOC(=O)c1ccnc(NC(=O)CCC(=O)c2ccc(C)c(C)c2)c1. The predicted octanol–water partition coefficient (Wildman–Crippen LogP) is 3.48. The number of anilines is 1. The highest BCUT2D eigenvalue weighted by atomic mass is 16.5. The summed E-state index contributed by atoms with van der Waals surface area (Å²) in [6.45, 7) is 5.91. The van der Waals surface area contributed by atoms with Crippen LogP contribution in [-0.2, 0) is 9.53 Å². The summed E-state index contributed by atoms with van der Waals surface area (Å²) < 4.78 is 4.91. The summed E-state index contributed by atoms with van der Waals surface area (Å²) >= 11 is 0. The number of amides is 1. The van der Waals surface area contributed by atoms with Gasteiger partial charge in [-0.3, -0.25) is 9.59 Å². The molecule has 2 rings (SSSR count). The second kappa shape index (κ2) is 8.89. The number of pyridine rings is 1. The van der Waals surface area contributed by atoms with Crippen molar-refractivity contribution in [2.75, 3.05) is 11.9 Å². The molecule has 6 nitrogen and oxygen atoms in total. The van der Waals surface area contributed by atoms with E-state index in [0.717, 1.165) is 11.1 Å². The van der Waals surface area contributed by atoms with Crippen LogP contribution in [0.3, 0.4) is 0 Å². The molecule has 0 unspecified atom stereocenters. The number of ketones is 1. The number of carbonyl (C=O) groups is 3. The second-order valence-corrected chi connectivity index (χ2v) is 5.92. The smallest absolute Gasteiger partial charge is 0.338 e. The van der Waals surface area contributed by atoms with Crippen molar-refractivity contribution in [2.45, 2.75) is 33.6 Å². The molecule has 1 amide bonds. The number of aromatic nitrogens is 1. The van der Waals surface area contributed by atoms with E-state index in [4.69, 9.17) is 4.74 Å². The predicted molar refractivity (Wildman–Crippen MR) is 98.3 cm³/mol.